The highest BCUT2D eigenvalue weighted by Crippen LogP contribution is 2.13. The summed E-state index contributed by atoms with van der Waals surface area (Å²) < 4.78 is 0. The summed E-state index contributed by atoms with van der Waals surface area (Å²) in [7, 11) is 0. The Bertz CT molecular complexity index is 315. The Labute approximate surface area is 87.2 Å². The minimum absolute atomic E-state index is 0. The summed E-state index contributed by atoms with van der Waals surface area (Å²) in [6, 6.07) is 1.68. The summed E-state index contributed by atoms with van der Waals surface area (Å²) in [5.41, 5.74) is 1.38. The Balaban J connectivity index is 0.00000144. The molecule has 1 heterocycles. The average Bonchev–Trinajstić information content (AvgIpc) is 1.96. The van der Waals surface area contributed by atoms with Gasteiger partial charge in [0, 0.05) is 6.20 Å². The van der Waals surface area contributed by atoms with Crippen molar-refractivity contribution in [1.29, 1.82) is 0 Å². The first-order valence-corrected chi connectivity index (χ1v) is 3.80. The molecule has 0 unspecified atom stereocenters. The number of hydrogen-bond donors (Lipinski definition) is 1. The molecule has 0 aliphatic rings. The van der Waals surface area contributed by atoms with Gasteiger partial charge in [0.1, 0.15) is 0 Å². The van der Waals surface area contributed by atoms with Crippen molar-refractivity contribution in [1.82, 2.24) is 4.98 Å². The highest BCUT2D eigenvalue weighted by Gasteiger charge is 2.03. The maximum absolute atomic E-state index is 10.3. The molecule has 0 atom stereocenters. The molecular weight excluding hydrogens is 213 g/mol. The maximum atomic E-state index is 10.3. The lowest BCUT2D eigenvalue weighted by Gasteiger charge is -1.99. The molecule has 0 bridgehead atoms. The van der Waals surface area contributed by atoms with Crippen molar-refractivity contribution in [2.75, 3.05) is 0 Å². The Morgan fingerprint density at radius 3 is 2.77 bits per heavy atom. The van der Waals surface area contributed by atoms with Crippen molar-refractivity contribution < 1.29 is 9.90 Å². The Kier molecular flexibility index (Phi) is 4.73. The second kappa shape index (κ2) is 5.04. The first kappa shape index (κ1) is 12.2. The van der Waals surface area contributed by atoms with Crippen LogP contribution in [0.2, 0.25) is 5.02 Å². The Morgan fingerprint density at radius 1 is 1.69 bits per heavy atom. The van der Waals surface area contributed by atoms with Gasteiger partial charge >= 0.3 is 5.97 Å². The predicted octanol–water partition coefficient (Wildman–Crippen LogP) is 2.09. The lowest BCUT2D eigenvalue weighted by molar-refractivity contribution is -0.136. The van der Waals surface area contributed by atoms with Gasteiger partial charge in [0.15, 0.2) is 0 Å². The van der Waals surface area contributed by atoms with E-state index in [1.807, 2.05) is 6.92 Å². The Morgan fingerprint density at radius 2 is 2.31 bits per heavy atom. The molecule has 0 amide bonds. The predicted molar refractivity (Wildman–Crippen MR) is 52.6 cm³/mol. The van der Waals surface area contributed by atoms with E-state index in [-0.39, 0.29) is 18.8 Å². The van der Waals surface area contributed by atoms with Crippen molar-refractivity contribution >= 4 is 30.0 Å². The molecule has 5 heteroatoms. The van der Waals surface area contributed by atoms with E-state index in [9.17, 15) is 4.79 Å². The van der Waals surface area contributed by atoms with Crippen LogP contribution in [0.15, 0.2) is 12.3 Å². The number of aryl methyl sites for hydroxylation is 1. The van der Waals surface area contributed by atoms with Crippen LogP contribution in [0.4, 0.5) is 0 Å². The summed E-state index contributed by atoms with van der Waals surface area (Å²) in [4.78, 5) is 14.2. The lowest BCUT2D eigenvalue weighted by Crippen LogP contribution is -2.02. The van der Waals surface area contributed by atoms with E-state index in [0.717, 1.165) is 5.56 Å². The SMILES string of the molecule is Cc1cc(CC(=O)O)ncc1Cl.Cl. The van der Waals surface area contributed by atoms with Crippen LogP contribution in [0.5, 0.6) is 0 Å². The molecule has 0 fully saturated rings. The van der Waals surface area contributed by atoms with Crippen LogP contribution in [-0.2, 0) is 11.2 Å². The molecule has 1 aromatic rings. The number of rotatable bonds is 2. The topological polar surface area (TPSA) is 50.2 Å². The second-order valence-electron chi connectivity index (χ2n) is 2.50. The summed E-state index contributed by atoms with van der Waals surface area (Å²) in [5, 5.41) is 9.01. The van der Waals surface area contributed by atoms with Gasteiger partial charge in [0.2, 0.25) is 0 Å². The average molecular weight is 222 g/mol. The second-order valence-corrected chi connectivity index (χ2v) is 2.90. The van der Waals surface area contributed by atoms with Crippen molar-refractivity contribution in [3.05, 3.63) is 28.5 Å². The number of carbonyl (C=O) groups is 1. The standard InChI is InChI=1S/C8H8ClNO2.ClH/c1-5-2-6(3-8(11)12)10-4-7(5)9;/h2,4H,3H2,1H3,(H,11,12);1H. The third kappa shape index (κ3) is 3.61. The van der Waals surface area contributed by atoms with E-state index in [1.54, 1.807) is 6.07 Å². The van der Waals surface area contributed by atoms with Gasteiger partial charge in [0.25, 0.3) is 0 Å². The molecule has 1 rings (SSSR count). The van der Waals surface area contributed by atoms with Gasteiger partial charge in [-0.2, -0.15) is 0 Å². The number of carboxylic acids is 1. The number of halogens is 2. The van der Waals surface area contributed by atoms with Crippen LogP contribution in [0.3, 0.4) is 0 Å². The van der Waals surface area contributed by atoms with E-state index in [1.165, 1.54) is 6.20 Å². The zero-order valence-electron chi connectivity index (χ0n) is 6.95. The van der Waals surface area contributed by atoms with Crippen LogP contribution < -0.4 is 0 Å². The van der Waals surface area contributed by atoms with Crippen LogP contribution >= 0.6 is 24.0 Å². The third-order valence-corrected chi connectivity index (χ3v) is 1.83. The molecule has 0 saturated heterocycles. The molecule has 0 aliphatic carbocycles. The first-order chi connectivity index (χ1) is 5.59. The molecule has 3 nitrogen and oxygen atoms in total. The largest absolute Gasteiger partial charge is 0.481 e. The summed E-state index contributed by atoms with van der Waals surface area (Å²) in [5.74, 6) is -0.885. The number of hydrogen-bond acceptors (Lipinski definition) is 2. The molecule has 72 valence electrons. The van der Waals surface area contributed by atoms with Gasteiger partial charge in [-0.1, -0.05) is 11.6 Å². The fraction of sp³-hybridized carbons (Fsp3) is 0.250. The van der Waals surface area contributed by atoms with Crippen LogP contribution in [0.1, 0.15) is 11.3 Å². The summed E-state index contributed by atoms with van der Waals surface area (Å²) >= 11 is 5.71. The molecule has 1 N–H and O–H groups in total. The minimum atomic E-state index is -0.885. The van der Waals surface area contributed by atoms with Gasteiger partial charge in [-0.3, -0.25) is 9.78 Å². The maximum Gasteiger partial charge on any atom is 0.309 e. The van der Waals surface area contributed by atoms with E-state index in [2.05, 4.69) is 4.98 Å². The van der Waals surface area contributed by atoms with Crippen molar-refractivity contribution in [2.24, 2.45) is 0 Å². The fourth-order valence-electron chi connectivity index (χ4n) is 0.849. The molecule has 1 aromatic heterocycles. The van der Waals surface area contributed by atoms with Crippen LogP contribution in [-0.4, -0.2) is 16.1 Å². The normalized spacial score (nSPS) is 9.08. The van der Waals surface area contributed by atoms with Crippen molar-refractivity contribution in [3.8, 4) is 0 Å². The molecular formula is C8H9Cl2NO2. The lowest BCUT2D eigenvalue weighted by atomic mass is 10.2. The van der Waals surface area contributed by atoms with Crippen LogP contribution in [0.25, 0.3) is 0 Å². The van der Waals surface area contributed by atoms with Gasteiger partial charge < -0.3 is 5.11 Å². The fourth-order valence-corrected chi connectivity index (χ4v) is 0.952. The molecule has 0 saturated carbocycles. The minimum Gasteiger partial charge on any atom is -0.481 e. The molecule has 0 spiro atoms. The van der Waals surface area contributed by atoms with Gasteiger partial charge in [-0.15, -0.1) is 12.4 Å². The highest BCUT2D eigenvalue weighted by molar-refractivity contribution is 6.31. The number of aliphatic carboxylic acids is 1. The van der Waals surface area contributed by atoms with E-state index in [4.69, 9.17) is 16.7 Å². The molecule has 13 heavy (non-hydrogen) atoms. The van der Waals surface area contributed by atoms with E-state index in [0.29, 0.717) is 10.7 Å². The number of carboxylic acid groups (broad SMARTS) is 1. The number of aromatic nitrogens is 1. The number of pyridine rings is 1. The molecule has 0 radical (unpaired) electrons. The van der Waals surface area contributed by atoms with Crippen molar-refractivity contribution in [2.45, 2.75) is 13.3 Å². The zero-order valence-corrected chi connectivity index (χ0v) is 8.52. The number of nitrogens with zero attached hydrogens (tertiary/aromatic N) is 1. The quantitative estimate of drug-likeness (QED) is 0.833. The van der Waals surface area contributed by atoms with E-state index < -0.39 is 5.97 Å². The monoisotopic (exact) mass is 221 g/mol. The molecule has 0 aliphatic heterocycles. The van der Waals surface area contributed by atoms with Crippen LogP contribution in [0, 0.1) is 6.92 Å². The van der Waals surface area contributed by atoms with E-state index >= 15 is 0 Å². The van der Waals surface area contributed by atoms with Crippen molar-refractivity contribution in [3.63, 3.8) is 0 Å². The molecule has 0 aromatic carbocycles. The van der Waals surface area contributed by atoms with Gasteiger partial charge in [-0.25, -0.2) is 0 Å². The third-order valence-electron chi connectivity index (χ3n) is 1.44. The summed E-state index contributed by atoms with van der Waals surface area (Å²) in [6.07, 6.45) is 1.41. The Hall–Kier alpha value is -0.800. The first-order valence-electron chi connectivity index (χ1n) is 3.42. The summed E-state index contributed by atoms with van der Waals surface area (Å²) in [6.45, 7) is 1.81. The van der Waals surface area contributed by atoms with Gasteiger partial charge in [0.05, 0.1) is 17.1 Å². The smallest absolute Gasteiger partial charge is 0.309 e. The highest BCUT2D eigenvalue weighted by atomic mass is 35.5. The van der Waals surface area contributed by atoms with Gasteiger partial charge in [-0.05, 0) is 18.6 Å². The zero-order chi connectivity index (χ0) is 9.14.